The molecule has 26 heavy (non-hydrogen) atoms. The summed E-state index contributed by atoms with van der Waals surface area (Å²) in [5, 5.41) is 5.68. The molecule has 1 fully saturated rings. The number of hydrogen-bond donors (Lipinski definition) is 2. The van der Waals surface area contributed by atoms with Crippen molar-refractivity contribution >= 4 is 23.3 Å². The molecule has 1 aliphatic heterocycles. The summed E-state index contributed by atoms with van der Waals surface area (Å²) in [6, 6.07) is 15.5. The molecule has 1 aliphatic rings. The predicted molar refractivity (Wildman–Crippen MR) is 105 cm³/mol. The molecule has 0 radical (unpaired) electrons. The number of amides is 3. The summed E-state index contributed by atoms with van der Waals surface area (Å²) in [6.07, 6.45) is 3.81. The van der Waals surface area contributed by atoms with Crippen molar-refractivity contribution in [2.24, 2.45) is 0 Å². The van der Waals surface area contributed by atoms with Crippen molar-refractivity contribution in [3.05, 3.63) is 59.7 Å². The van der Waals surface area contributed by atoms with E-state index in [-0.39, 0.29) is 11.9 Å². The Morgan fingerprint density at radius 2 is 1.77 bits per heavy atom. The van der Waals surface area contributed by atoms with E-state index in [1.54, 1.807) is 4.90 Å². The number of rotatable bonds is 7. The molecule has 5 nitrogen and oxygen atoms in total. The smallest absolute Gasteiger partial charge is 0.321 e. The van der Waals surface area contributed by atoms with Crippen LogP contribution in [0.2, 0.25) is 0 Å². The van der Waals surface area contributed by atoms with Crippen LogP contribution in [0, 0.1) is 0 Å². The van der Waals surface area contributed by atoms with Crippen LogP contribution in [-0.2, 0) is 17.6 Å². The van der Waals surface area contributed by atoms with Crippen molar-refractivity contribution < 1.29 is 9.59 Å². The van der Waals surface area contributed by atoms with Crippen molar-refractivity contribution in [1.29, 1.82) is 0 Å². The Balaban J connectivity index is 1.53. The third kappa shape index (κ3) is 4.63. The Labute approximate surface area is 154 Å². The largest absolute Gasteiger partial charge is 0.336 e. The molecule has 1 saturated heterocycles. The van der Waals surface area contributed by atoms with Gasteiger partial charge in [-0.2, -0.15) is 0 Å². The first-order chi connectivity index (χ1) is 12.7. The molecule has 136 valence electrons. The molecule has 2 aromatic carbocycles. The van der Waals surface area contributed by atoms with E-state index >= 15 is 0 Å². The number of nitrogens with one attached hydrogen (secondary N) is 2. The van der Waals surface area contributed by atoms with Crippen LogP contribution < -0.4 is 15.5 Å². The molecule has 1 heterocycles. The van der Waals surface area contributed by atoms with E-state index in [1.807, 2.05) is 36.4 Å². The third-order valence-corrected chi connectivity index (χ3v) is 4.53. The number of urea groups is 1. The van der Waals surface area contributed by atoms with Crippen LogP contribution in [0.25, 0.3) is 0 Å². The fraction of sp³-hybridized carbons (Fsp3) is 0.333. The summed E-state index contributed by atoms with van der Waals surface area (Å²) < 4.78 is 0. The molecule has 0 aromatic heterocycles. The van der Waals surface area contributed by atoms with Gasteiger partial charge < -0.3 is 10.6 Å². The van der Waals surface area contributed by atoms with Crippen LogP contribution in [0.1, 0.15) is 30.9 Å². The van der Waals surface area contributed by atoms with Crippen molar-refractivity contribution in [1.82, 2.24) is 5.32 Å². The lowest BCUT2D eigenvalue weighted by molar-refractivity contribution is -0.115. The minimum atomic E-state index is -0.0795. The molecule has 3 rings (SSSR count). The van der Waals surface area contributed by atoms with Crippen LogP contribution in [0.4, 0.5) is 16.2 Å². The first-order valence-corrected chi connectivity index (χ1v) is 9.19. The Bertz CT molecular complexity index is 754. The lowest BCUT2D eigenvalue weighted by Gasteiger charge is -2.14. The summed E-state index contributed by atoms with van der Waals surface area (Å²) in [5.74, 6) is -0.0435. The molecule has 5 heteroatoms. The topological polar surface area (TPSA) is 61.4 Å². The molecule has 0 unspecified atom stereocenters. The Morgan fingerprint density at radius 3 is 2.38 bits per heavy atom. The van der Waals surface area contributed by atoms with Gasteiger partial charge >= 0.3 is 6.03 Å². The lowest BCUT2D eigenvalue weighted by Crippen LogP contribution is -2.27. The number of benzene rings is 2. The number of unbranched alkanes of at least 4 members (excludes halogenated alkanes) is 1. The van der Waals surface area contributed by atoms with Crippen LogP contribution in [0.5, 0.6) is 0 Å². The zero-order valence-electron chi connectivity index (χ0n) is 15.1. The van der Waals surface area contributed by atoms with Crippen molar-refractivity contribution in [2.75, 3.05) is 23.3 Å². The molecule has 0 atom stereocenters. The Kier molecular flexibility index (Phi) is 5.89. The number of carbonyl (C=O) groups excluding carboxylic acids is 2. The van der Waals surface area contributed by atoms with E-state index in [1.165, 1.54) is 18.4 Å². The molecule has 2 N–H and O–H groups in total. The fourth-order valence-corrected chi connectivity index (χ4v) is 3.04. The van der Waals surface area contributed by atoms with Gasteiger partial charge in [-0.15, -0.1) is 0 Å². The molecule has 0 aliphatic carbocycles. The van der Waals surface area contributed by atoms with E-state index in [0.717, 1.165) is 23.4 Å². The zero-order valence-corrected chi connectivity index (χ0v) is 15.1. The predicted octanol–water partition coefficient (Wildman–Crippen LogP) is 3.74. The number of nitrogens with zero attached hydrogens (tertiary/aromatic N) is 1. The molecule has 0 saturated carbocycles. The van der Waals surface area contributed by atoms with Gasteiger partial charge in [-0.05, 0) is 48.2 Å². The normalized spacial score (nSPS) is 13.6. The van der Waals surface area contributed by atoms with Crippen molar-refractivity contribution in [2.45, 2.75) is 32.6 Å². The summed E-state index contributed by atoms with van der Waals surface area (Å²) in [5.41, 5.74) is 3.89. The van der Waals surface area contributed by atoms with Gasteiger partial charge in [-0.1, -0.05) is 37.6 Å². The van der Waals surface area contributed by atoms with Crippen molar-refractivity contribution in [3.63, 3.8) is 0 Å². The highest BCUT2D eigenvalue weighted by Gasteiger charge is 2.20. The van der Waals surface area contributed by atoms with Gasteiger partial charge in [-0.3, -0.25) is 9.69 Å². The van der Waals surface area contributed by atoms with Crippen LogP contribution in [-0.4, -0.2) is 25.0 Å². The summed E-state index contributed by atoms with van der Waals surface area (Å²) in [7, 11) is 0. The minimum absolute atomic E-state index is 0.0435. The summed E-state index contributed by atoms with van der Waals surface area (Å²) >= 11 is 0. The van der Waals surface area contributed by atoms with Crippen LogP contribution in [0.15, 0.2) is 48.5 Å². The van der Waals surface area contributed by atoms with Gasteiger partial charge in [0.25, 0.3) is 0 Å². The average molecular weight is 351 g/mol. The minimum Gasteiger partial charge on any atom is -0.336 e. The van der Waals surface area contributed by atoms with Gasteiger partial charge in [-0.25, -0.2) is 4.79 Å². The molecule has 0 spiro atoms. The highest BCUT2D eigenvalue weighted by atomic mass is 16.2. The fourth-order valence-electron chi connectivity index (χ4n) is 3.04. The van der Waals surface area contributed by atoms with E-state index in [9.17, 15) is 9.59 Å². The highest BCUT2D eigenvalue weighted by molar-refractivity contribution is 5.95. The van der Waals surface area contributed by atoms with Crippen LogP contribution in [0.3, 0.4) is 0 Å². The van der Waals surface area contributed by atoms with E-state index in [4.69, 9.17) is 0 Å². The van der Waals surface area contributed by atoms with Crippen molar-refractivity contribution in [3.8, 4) is 0 Å². The maximum absolute atomic E-state index is 12.2. The highest BCUT2D eigenvalue weighted by Crippen LogP contribution is 2.19. The summed E-state index contributed by atoms with van der Waals surface area (Å²) in [6.45, 7) is 3.51. The maximum Gasteiger partial charge on any atom is 0.321 e. The van der Waals surface area contributed by atoms with Crippen LogP contribution >= 0.6 is 0 Å². The second kappa shape index (κ2) is 8.52. The molecular formula is C21H25N3O2. The Hall–Kier alpha value is -2.82. The number of carbonyl (C=O) groups is 2. The van der Waals surface area contributed by atoms with E-state index in [2.05, 4.69) is 29.7 Å². The quantitative estimate of drug-likeness (QED) is 0.798. The number of aryl methyl sites for hydroxylation is 1. The number of hydrogen-bond acceptors (Lipinski definition) is 2. The summed E-state index contributed by atoms with van der Waals surface area (Å²) in [4.78, 5) is 25.6. The second-order valence-electron chi connectivity index (χ2n) is 6.58. The van der Waals surface area contributed by atoms with Gasteiger partial charge in [0.15, 0.2) is 0 Å². The van der Waals surface area contributed by atoms with Gasteiger partial charge in [0.1, 0.15) is 0 Å². The molecular weight excluding hydrogens is 326 g/mol. The zero-order chi connectivity index (χ0) is 18.4. The molecule has 3 amide bonds. The lowest BCUT2D eigenvalue weighted by atomic mass is 10.0. The SMILES string of the molecule is CCCCc1ccc(CC(=O)Nc2ccc(N3CCNC3=O)cc2)cc1. The average Bonchev–Trinajstić information content (AvgIpc) is 3.08. The first kappa shape index (κ1) is 18.0. The molecule has 0 bridgehead atoms. The van der Waals surface area contributed by atoms with Gasteiger partial charge in [0.05, 0.1) is 6.42 Å². The maximum atomic E-state index is 12.2. The first-order valence-electron chi connectivity index (χ1n) is 9.19. The Morgan fingerprint density at radius 1 is 1.08 bits per heavy atom. The number of anilines is 2. The second-order valence-corrected chi connectivity index (χ2v) is 6.58. The van der Waals surface area contributed by atoms with Gasteiger partial charge in [0, 0.05) is 24.5 Å². The van der Waals surface area contributed by atoms with E-state index < -0.39 is 0 Å². The van der Waals surface area contributed by atoms with Gasteiger partial charge in [0.2, 0.25) is 5.91 Å². The monoisotopic (exact) mass is 351 g/mol. The molecule has 2 aromatic rings. The van der Waals surface area contributed by atoms with E-state index in [0.29, 0.717) is 19.5 Å². The third-order valence-electron chi connectivity index (χ3n) is 4.53. The standard InChI is InChI=1S/C21H25N3O2/c1-2-3-4-16-5-7-17(8-6-16)15-20(25)23-18-9-11-19(12-10-18)24-14-13-22-21(24)26/h5-12H,2-4,13-15H2,1H3,(H,22,26)(H,23,25).